The molecule has 0 radical (unpaired) electrons. The lowest BCUT2D eigenvalue weighted by Crippen LogP contribution is -2.28. The first-order valence-electron chi connectivity index (χ1n) is 5.67. The molecule has 0 aliphatic heterocycles. The molecule has 0 amide bonds. The summed E-state index contributed by atoms with van der Waals surface area (Å²) in [6.45, 7) is 5.46. The maximum atomic E-state index is 5.77. The van der Waals surface area contributed by atoms with Gasteiger partial charge in [-0.1, -0.05) is 29.8 Å². The third kappa shape index (κ3) is 4.06. The number of nitrogens with one attached hydrogen (secondary N) is 1. The molecule has 3 N–H and O–H groups in total. The minimum atomic E-state index is 0.235. The van der Waals surface area contributed by atoms with Gasteiger partial charge in [0.1, 0.15) is 0 Å². The number of hydrogen-bond acceptors (Lipinski definition) is 2. The van der Waals surface area contributed by atoms with E-state index < -0.39 is 0 Å². The fraction of sp³-hybridized carbons (Fsp3) is 0.429. The second-order valence-corrected chi connectivity index (χ2v) is 3.83. The molecule has 0 fully saturated rings. The Kier molecular flexibility index (Phi) is 5.63. The summed E-state index contributed by atoms with van der Waals surface area (Å²) < 4.78 is 0. The molecule has 0 saturated carbocycles. The molecule has 0 aliphatic rings. The topological polar surface area (TPSA) is 38.0 Å². The molecule has 0 spiro atoms. The van der Waals surface area contributed by atoms with Gasteiger partial charge < -0.3 is 11.1 Å². The van der Waals surface area contributed by atoms with Crippen LogP contribution >= 0.6 is 0 Å². The molecule has 1 aromatic rings. The minimum absolute atomic E-state index is 0.235. The molecule has 16 heavy (non-hydrogen) atoms. The van der Waals surface area contributed by atoms with E-state index in [1.54, 1.807) is 0 Å². The fourth-order valence-electron chi connectivity index (χ4n) is 1.66. The highest BCUT2D eigenvalue weighted by Crippen LogP contribution is 2.13. The van der Waals surface area contributed by atoms with E-state index in [4.69, 9.17) is 5.73 Å². The summed E-state index contributed by atoms with van der Waals surface area (Å²) in [7, 11) is 0. The lowest BCUT2D eigenvalue weighted by molar-refractivity contribution is 0.550. The summed E-state index contributed by atoms with van der Waals surface area (Å²) in [4.78, 5) is 0. The molecule has 86 valence electrons. The quantitative estimate of drug-likeness (QED) is 0.583. The summed E-state index contributed by atoms with van der Waals surface area (Å²) in [5.74, 6) is 5.92. The van der Waals surface area contributed by atoms with Crippen molar-refractivity contribution in [3.63, 3.8) is 0 Å². The first kappa shape index (κ1) is 12.8. The molecule has 0 bridgehead atoms. The highest BCUT2D eigenvalue weighted by atomic mass is 14.9. The van der Waals surface area contributed by atoms with Gasteiger partial charge in [0.15, 0.2) is 0 Å². The van der Waals surface area contributed by atoms with Crippen LogP contribution < -0.4 is 11.1 Å². The lowest BCUT2D eigenvalue weighted by atomic mass is 10.0. The predicted molar refractivity (Wildman–Crippen MR) is 69.0 cm³/mol. The Balaban J connectivity index is 2.55. The predicted octanol–water partition coefficient (Wildman–Crippen LogP) is 2.00. The minimum Gasteiger partial charge on any atom is -0.329 e. The maximum absolute atomic E-state index is 5.77. The number of benzene rings is 1. The van der Waals surface area contributed by atoms with Crippen molar-refractivity contribution in [3.05, 3.63) is 35.4 Å². The van der Waals surface area contributed by atoms with Crippen molar-refractivity contribution in [2.75, 3.05) is 13.1 Å². The van der Waals surface area contributed by atoms with Gasteiger partial charge in [0.25, 0.3) is 0 Å². The molecule has 1 atom stereocenters. The van der Waals surface area contributed by atoms with Gasteiger partial charge in [-0.2, -0.15) is 0 Å². The highest BCUT2D eigenvalue weighted by Gasteiger charge is 2.07. The van der Waals surface area contributed by atoms with E-state index in [9.17, 15) is 0 Å². The first-order valence-corrected chi connectivity index (χ1v) is 5.67. The molecule has 0 aromatic heterocycles. The van der Waals surface area contributed by atoms with E-state index in [0.717, 1.165) is 13.0 Å². The Labute approximate surface area is 98.2 Å². The van der Waals surface area contributed by atoms with Crippen LogP contribution in [0.2, 0.25) is 0 Å². The normalized spacial score (nSPS) is 11.7. The van der Waals surface area contributed by atoms with Crippen molar-refractivity contribution in [2.45, 2.75) is 26.3 Å². The van der Waals surface area contributed by atoms with E-state index in [0.29, 0.717) is 6.54 Å². The van der Waals surface area contributed by atoms with E-state index in [1.807, 2.05) is 6.92 Å². The largest absolute Gasteiger partial charge is 0.329 e. The van der Waals surface area contributed by atoms with Crippen LogP contribution in [0, 0.1) is 18.8 Å². The average Bonchev–Trinajstić information content (AvgIpc) is 2.29. The van der Waals surface area contributed by atoms with Gasteiger partial charge in [0.05, 0.1) is 0 Å². The Hall–Kier alpha value is -1.30. The van der Waals surface area contributed by atoms with Crippen LogP contribution in [0.5, 0.6) is 0 Å². The molecule has 0 heterocycles. The average molecular weight is 216 g/mol. The summed E-state index contributed by atoms with van der Waals surface area (Å²) >= 11 is 0. The maximum Gasteiger partial charge on any atom is 0.0444 e. The third-order valence-electron chi connectivity index (χ3n) is 2.50. The molecular weight excluding hydrogens is 196 g/mol. The standard InChI is InChI=1S/C14H20N2/c1-3-4-5-9-16-14(11-15)13-8-6-7-12(2)10-13/h6-8,10,14,16H,5,9,11,15H2,1-2H3. The summed E-state index contributed by atoms with van der Waals surface area (Å²) in [6.07, 6.45) is 0.874. The van der Waals surface area contributed by atoms with Gasteiger partial charge in [0, 0.05) is 25.6 Å². The van der Waals surface area contributed by atoms with Crippen LogP contribution in [-0.2, 0) is 0 Å². The van der Waals surface area contributed by atoms with Gasteiger partial charge in [-0.3, -0.25) is 0 Å². The number of hydrogen-bond donors (Lipinski definition) is 2. The Morgan fingerprint density at radius 1 is 1.44 bits per heavy atom. The van der Waals surface area contributed by atoms with E-state index >= 15 is 0 Å². The second kappa shape index (κ2) is 7.05. The Bertz CT molecular complexity index is 374. The van der Waals surface area contributed by atoms with Gasteiger partial charge in [0.2, 0.25) is 0 Å². The van der Waals surface area contributed by atoms with Crippen molar-refractivity contribution in [3.8, 4) is 11.8 Å². The van der Waals surface area contributed by atoms with Crippen LogP contribution in [-0.4, -0.2) is 13.1 Å². The van der Waals surface area contributed by atoms with Gasteiger partial charge >= 0.3 is 0 Å². The van der Waals surface area contributed by atoms with Gasteiger partial charge in [-0.25, -0.2) is 0 Å². The lowest BCUT2D eigenvalue weighted by Gasteiger charge is -2.17. The van der Waals surface area contributed by atoms with Crippen LogP contribution in [0.3, 0.4) is 0 Å². The zero-order valence-corrected chi connectivity index (χ0v) is 10.1. The highest BCUT2D eigenvalue weighted by molar-refractivity contribution is 5.25. The van der Waals surface area contributed by atoms with Crippen molar-refractivity contribution < 1.29 is 0 Å². The van der Waals surface area contributed by atoms with E-state index in [1.165, 1.54) is 11.1 Å². The monoisotopic (exact) mass is 216 g/mol. The van der Waals surface area contributed by atoms with Crippen molar-refractivity contribution >= 4 is 0 Å². The molecular formula is C14H20N2. The fourth-order valence-corrected chi connectivity index (χ4v) is 1.66. The molecule has 1 unspecified atom stereocenters. The smallest absolute Gasteiger partial charge is 0.0444 e. The van der Waals surface area contributed by atoms with Crippen LogP contribution in [0.25, 0.3) is 0 Å². The van der Waals surface area contributed by atoms with Crippen molar-refractivity contribution in [1.29, 1.82) is 0 Å². The molecule has 2 nitrogen and oxygen atoms in total. The van der Waals surface area contributed by atoms with Crippen LogP contribution in [0.15, 0.2) is 24.3 Å². The zero-order chi connectivity index (χ0) is 11.8. The van der Waals surface area contributed by atoms with Crippen LogP contribution in [0.4, 0.5) is 0 Å². The second-order valence-electron chi connectivity index (χ2n) is 3.83. The van der Waals surface area contributed by atoms with Crippen molar-refractivity contribution in [2.24, 2.45) is 5.73 Å². The van der Waals surface area contributed by atoms with Gasteiger partial charge in [-0.05, 0) is 19.4 Å². The molecule has 0 saturated heterocycles. The SMILES string of the molecule is CC#CCCNC(CN)c1cccc(C)c1. The van der Waals surface area contributed by atoms with Gasteiger partial charge in [-0.15, -0.1) is 11.8 Å². The number of aryl methyl sites for hydroxylation is 1. The first-order chi connectivity index (χ1) is 7.77. The molecule has 1 rings (SSSR count). The Morgan fingerprint density at radius 2 is 2.25 bits per heavy atom. The summed E-state index contributed by atoms with van der Waals surface area (Å²) in [5, 5.41) is 3.42. The zero-order valence-electron chi connectivity index (χ0n) is 10.1. The summed E-state index contributed by atoms with van der Waals surface area (Å²) in [5.41, 5.74) is 8.30. The van der Waals surface area contributed by atoms with E-state index in [-0.39, 0.29) is 6.04 Å². The van der Waals surface area contributed by atoms with Crippen LogP contribution in [0.1, 0.15) is 30.5 Å². The Morgan fingerprint density at radius 3 is 2.88 bits per heavy atom. The van der Waals surface area contributed by atoms with Crippen molar-refractivity contribution in [1.82, 2.24) is 5.32 Å². The molecule has 0 aliphatic carbocycles. The molecule has 2 heteroatoms. The third-order valence-corrected chi connectivity index (χ3v) is 2.50. The number of nitrogens with two attached hydrogens (primary N) is 1. The number of rotatable bonds is 5. The summed E-state index contributed by atoms with van der Waals surface area (Å²) in [6, 6.07) is 8.69. The van der Waals surface area contributed by atoms with E-state index in [2.05, 4.69) is 48.3 Å². The molecule has 1 aromatic carbocycles.